The van der Waals surface area contributed by atoms with E-state index in [1.54, 1.807) is 0 Å². The molecule has 0 spiro atoms. The van der Waals surface area contributed by atoms with Gasteiger partial charge in [-0.25, -0.2) is 0 Å². The van der Waals surface area contributed by atoms with Gasteiger partial charge in [0.2, 0.25) is 5.88 Å². The highest BCUT2D eigenvalue weighted by molar-refractivity contribution is 6.00. The van der Waals surface area contributed by atoms with Crippen molar-refractivity contribution in [2.45, 2.75) is 26.7 Å². The predicted octanol–water partition coefficient (Wildman–Crippen LogP) is 0.663. The molecule has 110 valence electrons. The zero-order valence-electron chi connectivity index (χ0n) is 12.0. The van der Waals surface area contributed by atoms with E-state index in [9.17, 15) is 0 Å². The van der Waals surface area contributed by atoms with Gasteiger partial charge in [-0.2, -0.15) is 5.10 Å². The third-order valence-corrected chi connectivity index (χ3v) is 3.63. The Hall–Kier alpha value is -1.89. The third kappa shape index (κ3) is 3.16. The highest BCUT2D eigenvalue weighted by atomic mass is 16.5. The van der Waals surface area contributed by atoms with E-state index in [1.165, 1.54) is 12.8 Å². The van der Waals surface area contributed by atoms with Crippen LogP contribution in [0.5, 0.6) is 5.88 Å². The molecule has 0 atom stereocenters. The maximum atomic E-state index is 8.88. The molecule has 1 saturated heterocycles. The Morgan fingerprint density at radius 2 is 2.05 bits per heavy atom. The van der Waals surface area contributed by atoms with Crippen LogP contribution in [0.3, 0.4) is 0 Å². The molecular formula is C13H21N5O2. The summed E-state index contributed by atoms with van der Waals surface area (Å²) in [6.07, 6.45) is 2.50. The molecule has 0 amide bonds. The Kier molecular flexibility index (Phi) is 4.73. The van der Waals surface area contributed by atoms with Gasteiger partial charge < -0.3 is 15.7 Å². The van der Waals surface area contributed by atoms with E-state index in [0.29, 0.717) is 18.1 Å². The lowest BCUT2D eigenvalue weighted by molar-refractivity contribution is 0.229. The van der Waals surface area contributed by atoms with Crippen LogP contribution in [0.1, 0.15) is 29.7 Å². The summed E-state index contributed by atoms with van der Waals surface area (Å²) in [5, 5.41) is 20.0. The number of ether oxygens (including phenoxy) is 1. The van der Waals surface area contributed by atoms with Crippen molar-refractivity contribution in [3.8, 4) is 5.88 Å². The van der Waals surface area contributed by atoms with Gasteiger partial charge in [0.05, 0.1) is 11.3 Å². The minimum absolute atomic E-state index is 0.00308. The van der Waals surface area contributed by atoms with E-state index in [1.807, 2.05) is 13.8 Å². The zero-order chi connectivity index (χ0) is 14.5. The second kappa shape index (κ2) is 6.51. The first kappa shape index (κ1) is 14.5. The molecule has 0 aliphatic carbocycles. The summed E-state index contributed by atoms with van der Waals surface area (Å²) < 4.78 is 5.67. The summed E-state index contributed by atoms with van der Waals surface area (Å²) in [5.74, 6) is 0.319. The van der Waals surface area contributed by atoms with E-state index in [0.717, 1.165) is 30.9 Å². The topological polar surface area (TPSA) is 96.9 Å². The Balaban J connectivity index is 2.08. The molecule has 7 heteroatoms. The van der Waals surface area contributed by atoms with Gasteiger partial charge in [-0.1, -0.05) is 5.16 Å². The van der Waals surface area contributed by atoms with Gasteiger partial charge in [0, 0.05) is 6.54 Å². The fourth-order valence-corrected chi connectivity index (χ4v) is 2.32. The van der Waals surface area contributed by atoms with Crippen LogP contribution in [-0.2, 0) is 0 Å². The van der Waals surface area contributed by atoms with E-state index < -0.39 is 0 Å². The average Bonchev–Trinajstić information content (AvgIpc) is 2.95. The SMILES string of the molecule is Cc1nnc(OCCN2CCCC2)c(/C(N)=N/O)c1C. The summed E-state index contributed by atoms with van der Waals surface area (Å²) in [4.78, 5) is 2.34. The minimum Gasteiger partial charge on any atom is -0.475 e. The Labute approximate surface area is 118 Å². The van der Waals surface area contributed by atoms with Crippen LogP contribution in [0.2, 0.25) is 0 Å². The molecule has 2 heterocycles. The fraction of sp³-hybridized carbons (Fsp3) is 0.615. The van der Waals surface area contributed by atoms with Crippen molar-refractivity contribution in [2.75, 3.05) is 26.2 Å². The molecule has 20 heavy (non-hydrogen) atoms. The molecule has 0 unspecified atom stereocenters. The number of amidine groups is 1. The van der Waals surface area contributed by atoms with Crippen LogP contribution < -0.4 is 10.5 Å². The van der Waals surface area contributed by atoms with Gasteiger partial charge in [0.15, 0.2) is 5.84 Å². The number of likely N-dealkylation sites (tertiary alicyclic amines) is 1. The maximum absolute atomic E-state index is 8.88. The first-order chi connectivity index (χ1) is 9.63. The number of hydrogen-bond donors (Lipinski definition) is 2. The summed E-state index contributed by atoms with van der Waals surface area (Å²) in [6.45, 7) is 7.28. The Bertz CT molecular complexity index is 498. The molecule has 1 aliphatic rings. The Morgan fingerprint density at radius 3 is 2.70 bits per heavy atom. The quantitative estimate of drug-likeness (QED) is 0.356. The van der Waals surface area contributed by atoms with Crippen LogP contribution in [0.15, 0.2) is 5.16 Å². The lowest BCUT2D eigenvalue weighted by Gasteiger charge is -2.16. The highest BCUT2D eigenvalue weighted by Crippen LogP contribution is 2.20. The number of hydrogen-bond acceptors (Lipinski definition) is 6. The van der Waals surface area contributed by atoms with Crippen molar-refractivity contribution in [2.24, 2.45) is 10.9 Å². The first-order valence-corrected chi connectivity index (χ1v) is 6.80. The summed E-state index contributed by atoms with van der Waals surface area (Å²) in [7, 11) is 0. The van der Waals surface area contributed by atoms with Gasteiger partial charge in [0.1, 0.15) is 6.61 Å². The number of rotatable bonds is 5. The number of nitrogens with two attached hydrogens (primary N) is 1. The number of nitrogens with zero attached hydrogens (tertiary/aromatic N) is 4. The molecule has 1 aromatic rings. The molecule has 0 saturated carbocycles. The number of aryl methyl sites for hydroxylation is 1. The number of aromatic nitrogens is 2. The van der Waals surface area contributed by atoms with Crippen LogP contribution >= 0.6 is 0 Å². The maximum Gasteiger partial charge on any atom is 0.244 e. The molecule has 1 aliphatic heterocycles. The van der Waals surface area contributed by atoms with Gasteiger partial charge in [-0.05, 0) is 45.3 Å². The molecular weight excluding hydrogens is 258 g/mol. The molecule has 2 rings (SSSR count). The van der Waals surface area contributed by atoms with E-state index >= 15 is 0 Å². The van der Waals surface area contributed by atoms with E-state index in [-0.39, 0.29) is 5.84 Å². The van der Waals surface area contributed by atoms with Crippen LogP contribution in [0.4, 0.5) is 0 Å². The second-order valence-electron chi connectivity index (χ2n) is 4.97. The van der Waals surface area contributed by atoms with Gasteiger partial charge in [-0.3, -0.25) is 4.90 Å². The minimum atomic E-state index is -0.00308. The largest absolute Gasteiger partial charge is 0.475 e. The van der Waals surface area contributed by atoms with Crippen LogP contribution in [0.25, 0.3) is 0 Å². The monoisotopic (exact) mass is 279 g/mol. The lowest BCUT2D eigenvalue weighted by Crippen LogP contribution is -2.26. The normalized spacial score (nSPS) is 16.6. The summed E-state index contributed by atoms with van der Waals surface area (Å²) in [6, 6.07) is 0. The van der Waals surface area contributed by atoms with Crippen molar-refractivity contribution in [1.29, 1.82) is 0 Å². The summed E-state index contributed by atoms with van der Waals surface area (Å²) >= 11 is 0. The molecule has 1 fully saturated rings. The van der Waals surface area contributed by atoms with E-state index in [2.05, 4.69) is 20.3 Å². The summed E-state index contributed by atoms with van der Waals surface area (Å²) in [5.41, 5.74) is 7.76. The van der Waals surface area contributed by atoms with Gasteiger partial charge in [-0.15, -0.1) is 5.10 Å². The van der Waals surface area contributed by atoms with E-state index in [4.69, 9.17) is 15.7 Å². The zero-order valence-corrected chi connectivity index (χ0v) is 12.0. The predicted molar refractivity (Wildman–Crippen MR) is 75.2 cm³/mol. The molecule has 1 aromatic heterocycles. The molecule has 0 aromatic carbocycles. The Morgan fingerprint density at radius 1 is 1.35 bits per heavy atom. The smallest absolute Gasteiger partial charge is 0.244 e. The molecule has 3 N–H and O–H groups in total. The first-order valence-electron chi connectivity index (χ1n) is 6.80. The van der Waals surface area contributed by atoms with Gasteiger partial charge >= 0.3 is 0 Å². The van der Waals surface area contributed by atoms with Crippen molar-refractivity contribution in [3.05, 3.63) is 16.8 Å². The van der Waals surface area contributed by atoms with Crippen LogP contribution in [-0.4, -0.2) is 52.4 Å². The average molecular weight is 279 g/mol. The molecule has 0 bridgehead atoms. The van der Waals surface area contributed by atoms with Crippen LogP contribution in [0, 0.1) is 13.8 Å². The number of oxime groups is 1. The lowest BCUT2D eigenvalue weighted by atomic mass is 10.1. The van der Waals surface area contributed by atoms with Crippen molar-refractivity contribution in [3.63, 3.8) is 0 Å². The standard InChI is InChI=1S/C13H21N5O2/c1-9-10(2)15-16-13(11(9)12(14)17-19)20-8-7-18-5-3-4-6-18/h19H,3-8H2,1-2H3,(H2,14,17). The van der Waals surface area contributed by atoms with Crippen molar-refractivity contribution < 1.29 is 9.94 Å². The van der Waals surface area contributed by atoms with Crippen molar-refractivity contribution in [1.82, 2.24) is 15.1 Å². The second-order valence-corrected chi connectivity index (χ2v) is 4.97. The third-order valence-electron chi connectivity index (χ3n) is 3.63. The highest BCUT2D eigenvalue weighted by Gasteiger charge is 2.17. The molecule has 0 radical (unpaired) electrons. The van der Waals surface area contributed by atoms with Gasteiger partial charge in [0.25, 0.3) is 0 Å². The fourth-order valence-electron chi connectivity index (χ4n) is 2.32. The van der Waals surface area contributed by atoms with Crippen molar-refractivity contribution >= 4 is 5.84 Å². The molecule has 7 nitrogen and oxygen atoms in total.